The van der Waals surface area contributed by atoms with Gasteiger partial charge in [-0.3, -0.25) is 14.4 Å². The molecule has 2 N–H and O–H groups in total. The number of aryl methyl sites for hydroxylation is 1. The van der Waals surface area contributed by atoms with Gasteiger partial charge in [-0.05, 0) is 49.2 Å². The van der Waals surface area contributed by atoms with Gasteiger partial charge in [0.1, 0.15) is 5.92 Å². The Morgan fingerprint density at radius 2 is 1.84 bits per heavy atom. The van der Waals surface area contributed by atoms with E-state index in [4.69, 9.17) is 44.3 Å². The number of nitrogens with zero attached hydrogens (tertiary/aromatic N) is 1. The van der Waals surface area contributed by atoms with Crippen molar-refractivity contribution in [3.63, 3.8) is 0 Å². The lowest BCUT2D eigenvalue weighted by Crippen LogP contribution is -2.44. The van der Waals surface area contributed by atoms with E-state index in [-0.39, 0.29) is 38.1 Å². The van der Waals surface area contributed by atoms with Gasteiger partial charge in [-0.15, -0.1) is 0 Å². The van der Waals surface area contributed by atoms with Crippen LogP contribution in [0.2, 0.25) is 15.1 Å². The molecule has 0 bridgehead atoms. The number of benzene rings is 2. The van der Waals surface area contributed by atoms with Crippen molar-refractivity contribution in [1.29, 1.82) is 5.26 Å². The molecule has 2 amide bonds. The number of hydrogen-bond acceptors (Lipinski definition) is 7. The van der Waals surface area contributed by atoms with Crippen LogP contribution in [0.25, 0.3) is 0 Å². The zero-order chi connectivity index (χ0) is 27.3. The third kappa shape index (κ3) is 6.51. The Labute approximate surface area is 233 Å². The fourth-order valence-corrected chi connectivity index (χ4v) is 5.37. The smallest absolute Gasteiger partial charge is 0.319 e. The van der Waals surface area contributed by atoms with Gasteiger partial charge >= 0.3 is 5.97 Å². The number of anilines is 1. The Balaban J connectivity index is 1.96. The second-order valence-corrected chi connectivity index (χ2v) is 10.1. The van der Waals surface area contributed by atoms with Gasteiger partial charge in [0, 0.05) is 16.6 Å². The molecule has 0 radical (unpaired) electrons. The van der Waals surface area contributed by atoms with Crippen molar-refractivity contribution in [3.8, 4) is 11.8 Å². The largest absolute Gasteiger partial charge is 0.491 e. The number of carbonyl (C=O) groups excluding carboxylic acids is 3. The van der Waals surface area contributed by atoms with Crippen LogP contribution in [0.15, 0.2) is 40.9 Å². The maximum atomic E-state index is 13.0. The average molecular weight is 583 g/mol. The lowest BCUT2D eigenvalue weighted by atomic mass is 9.78. The van der Waals surface area contributed by atoms with Gasteiger partial charge in [-0.1, -0.05) is 52.6 Å². The molecule has 0 saturated carbocycles. The van der Waals surface area contributed by atoms with E-state index in [1.807, 2.05) is 6.92 Å². The van der Waals surface area contributed by atoms with Crippen molar-refractivity contribution in [2.24, 2.45) is 5.92 Å². The van der Waals surface area contributed by atoms with Crippen molar-refractivity contribution in [1.82, 2.24) is 5.32 Å². The van der Waals surface area contributed by atoms with Gasteiger partial charge in [0.05, 0.1) is 46.2 Å². The topological polar surface area (TPSA) is 118 Å². The second kappa shape index (κ2) is 12.6. The summed E-state index contributed by atoms with van der Waals surface area (Å²) >= 11 is 19.8. The summed E-state index contributed by atoms with van der Waals surface area (Å²) in [5.74, 6) is -4.24. The molecule has 0 aliphatic carbocycles. The van der Waals surface area contributed by atoms with Crippen molar-refractivity contribution in [3.05, 3.63) is 67.1 Å². The third-order valence-electron chi connectivity index (χ3n) is 5.46. The number of halogens is 3. The van der Waals surface area contributed by atoms with Crippen LogP contribution in [0, 0.1) is 24.2 Å². The molecular weight excluding hydrogens is 561 g/mol. The van der Waals surface area contributed by atoms with E-state index in [0.29, 0.717) is 22.9 Å². The third-order valence-corrected chi connectivity index (χ3v) is 7.44. The van der Waals surface area contributed by atoms with Crippen LogP contribution in [0.3, 0.4) is 0 Å². The van der Waals surface area contributed by atoms with Crippen LogP contribution in [0.1, 0.15) is 24.0 Å². The van der Waals surface area contributed by atoms with Crippen LogP contribution in [0.4, 0.5) is 5.69 Å². The number of ether oxygens (including phenoxy) is 2. The summed E-state index contributed by atoms with van der Waals surface area (Å²) < 4.78 is 10.3. The second-order valence-electron chi connectivity index (χ2n) is 7.87. The number of esters is 1. The predicted octanol–water partition coefficient (Wildman–Crippen LogP) is 5.46. The number of methoxy groups -OCH3 is 1. The maximum absolute atomic E-state index is 13.0. The van der Waals surface area contributed by atoms with Gasteiger partial charge in [0.2, 0.25) is 11.8 Å². The fraction of sp³-hybridized carbons (Fsp3) is 0.280. The van der Waals surface area contributed by atoms with E-state index in [1.54, 1.807) is 25.1 Å². The molecule has 0 saturated heterocycles. The maximum Gasteiger partial charge on any atom is 0.319 e. The number of rotatable bonds is 8. The quantitative estimate of drug-likeness (QED) is 0.313. The number of nitrogens with one attached hydrogen (secondary N) is 2. The minimum atomic E-state index is -1.38. The first-order valence-corrected chi connectivity index (χ1v) is 13.1. The molecule has 1 aliphatic heterocycles. The summed E-state index contributed by atoms with van der Waals surface area (Å²) in [5, 5.41) is 16.3. The van der Waals surface area contributed by atoms with Crippen molar-refractivity contribution >= 4 is 70.0 Å². The summed E-state index contributed by atoms with van der Waals surface area (Å²) in [6, 6.07) is 10.2. The lowest BCUT2D eigenvalue weighted by Gasteiger charge is -2.31. The average Bonchev–Trinajstić information content (AvgIpc) is 2.86. The molecule has 2 aromatic rings. The van der Waals surface area contributed by atoms with Gasteiger partial charge in [0.25, 0.3) is 0 Å². The molecule has 0 unspecified atom stereocenters. The van der Waals surface area contributed by atoms with Crippen LogP contribution in [-0.2, 0) is 19.1 Å². The Morgan fingerprint density at radius 3 is 2.41 bits per heavy atom. The normalized spacial score (nSPS) is 17.1. The van der Waals surface area contributed by atoms with E-state index >= 15 is 0 Å². The fourth-order valence-electron chi connectivity index (χ4n) is 3.73. The van der Waals surface area contributed by atoms with Crippen LogP contribution in [-0.4, -0.2) is 37.3 Å². The van der Waals surface area contributed by atoms with E-state index in [2.05, 4.69) is 16.7 Å². The zero-order valence-corrected chi connectivity index (χ0v) is 23.1. The van der Waals surface area contributed by atoms with Gasteiger partial charge < -0.3 is 20.1 Å². The molecule has 1 aliphatic rings. The molecule has 12 heteroatoms. The summed E-state index contributed by atoms with van der Waals surface area (Å²) in [6.45, 7) is 3.92. The van der Waals surface area contributed by atoms with Crippen LogP contribution in [0.5, 0.6) is 5.75 Å². The highest BCUT2D eigenvalue weighted by atomic mass is 35.5. The first-order chi connectivity index (χ1) is 17.6. The van der Waals surface area contributed by atoms with E-state index < -0.39 is 23.7 Å². The Morgan fingerprint density at radius 1 is 1.16 bits per heavy atom. The lowest BCUT2D eigenvalue weighted by molar-refractivity contribution is -0.150. The van der Waals surface area contributed by atoms with Crippen molar-refractivity contribution in [2.75, 3.05) is 24.8 Å². The molecule has 0 spiro atoms. The summed E-state index contributed by atoms with van der Waals surface area (Å²) in [4.78, 5) is 38.2. The molecule has 0 aromatic heterocycles. The van der Waals surface area contributed by atoms with Crippen LogP contribution >= 0.6 is 46.6 Å². The summed E-state index contributed by atoms with van der Waals surface area (Å²) in [7, 11) is 1.15. The highest BCUT2D eigenvalue weighted by molar-refractivity contribution is 8.03. The highest BCUT2D eigenvalue weighted by Crippen LogP contribution is 2.44. The summed E-state index contributed by atoms with van der Waals surface area (Å²) in [6.07, 6.45) is 0. The predicted molar refractivity (Wildman–Crippen MR) is 144 cm³/mol. The Bertz CT molecular complexity index is 1300. The number of amides is 2. The molecular formula is C25H22Cl3N3O5S. The number of thioether (sulfide) groups is 1. The van der Waals surface area contributed by atoms with E-state index in [1.165, 1.54) is 12.1 Å². The molecule has 194 valence electrons. The molecule has 2 aromatic carbocycles. The van der Waals surface area contributed by atoms with Gasteiger partial charge in [-0.25, -0.2) is 0 Å². The molecule has 8 nitrogen and oxygen atoms in total. The molecule has 1 heterocycles. The van der Waals surface area contributed by atoms with Crippen LogP contribution < -0.4 is 15.4 Å². The first-order valence-electron chi connectivity index (χ1n) is 10.9. The zero-order valence-electron chi connectivity index (χ0n) is 20.0. The van der Waals surface area contributed by atoms with E-state index in [9.17, 15) is 19.6 Å². The summed E-state index contributed by atoms with van der Waals surface area (Å²) in [5.41, 5.74) is 1.77. The number of hydrogen-bond donors (Lipinski definition) is 2. The Kier molecular flexibility index (Phi) is 9.74. The Hall–Kier alpha value is -2.90. The molecule has 2 atom stereocenters. The minimum absolute atomic E-state index is 0.0578. The first kappa shape index (κ1) is 28.7. The molecule has 0 fully saturated rings. The monoisotopic (exact) mass is 581 g/mol. The molecule has 3 rings (SSSR count). The number of allylic oxidation sites excluding steroid dienone is 1. The van der Waals surface area contributed by atoms with Crippen molar-refractivity contribution < 1.29 is 23.9 Å². The number of nitriles is 1. The standard InChI is InChI=1S/C25H22Cl3N3O5S/c1-4-36-22-17(27)7-13(8-18(22)28)20-15(10-29)24(31-23(33)21(20)25(34)35-3)37-11-19(32)30-14-6-5-12(2)16(26)9-14/h5-9,20-21H,4,11H2,1-3H3,(H,30,32)(H,31,33)/t20-,21-/m0/s1. The van der Waals surface area contributed by atoms with Gasteiger partial charge in [0.15, 0.2) is 5.75 Å². The molecule has 37 heavy (non-hydrogen) atoms. The minimum Gasteiger partial charge on any atom is -0.491 e. The van der Waals surface area contributed by atoms with E-state index in [0.717, 1.165) is 24.4 Å². The SMILES string of the molecule is CCOc1c(Cl)cc([C@H]2C(C#N)=C(SCC(=O)Nc3ccc(C)c(Cl)c3)NC(=O)[C@H]2C(=O)OC)cc1Cl. The van der Waals surface area contributed by atoms with Crippen molar-refractivity contribution in [2.45, 2.75) is 19.8 Å². The number of carbonyl (C=O) groups is 3. The highest BCUT2D eigenvalue weighted by Gasteiger charge is 2.44. The van der Waals surface area contributed by atoms with Gasteiger partial charge in [-0.2, -0.15) is 5.26 Å².